The van der Waals surface area contributed by atoms with E-state index in [-0.39, 0.29) is 11.9 Å². The van der Waals surface area contributed by atoms with Gasteiger partial charge in [0.05, 0.1) is 11.9 Å². The van der Waals surface area contributed by atoms with Gasteiger partial charge in [0.15, 0.2) is 0 Å². The van der Waals surface area contributed by atoms with Crippen LogP contribution in [0.15, 0.2) is 24.3 Å². The minimum atomic E-state index is -3.73. The fourth-order valence-electron chi connectivity index (χ4n) is 1.24. The van der Waals surface area contributed by atoms with Crippen molar-refractivity contribution in [3.8, 4) is 11.8 Å². The Bertz CT molecular complexity index is 457. The topological polar surface area (TPSA) is 46.5 Å². The highest BCUT2D eigenvalue weighted by Gasteiger charge is 2.24. The van der Waals surface area contributed by atoms with Crippen LogP contribution in [-0.2, 0) is 9.09 Å². The predicted molar refractivity (Wildman–Crippen MR) is 64.7 cm³/mol. The van der Waals surface area contributed by atoms with E-state index in [4.69, 9.17) is 4.52 Å². The van der Waals surface area contributed by atoms with E-state index < -0.39 is 7.60 Å². The van der Waals surface area contributed by atoms with Crippen LogP contribution in [0.1, 0.15) is 25.8 Å². The molecule has 0 saturated carbocycles. The summed E-state index contributed by atoms with van der Waals surface area (Å²) in [7, 11) is -3.73. The molecule has 1 atom stereocenters. The summed E-state index contributed by atoms with van der Waals surface area (Å²) in [5.41, 5.74) is 0.548. The summed E-state index contributed by atoms with van der Waals surface area (Å²) in [6.07, 6.45) is 0.701. The lowest BCUT2D eigenvalue weighted by Crippen LogP contribution is -2.11. The van der Waals surface area contributed by atoms with Gasteiger partial charge in [-0.1, -0.05) is 25.0 Å². The lowest BCUT2D eigenvalue weighted by Gasteiger charge is -2.13. The van der Waals surface area contributed by atoms with Gasteiger partial charge >= 0.3 is 7.60 Å². The molecule has 0 radical (unpaired) electrons. The van der Waals surface area contributed by atoms with E-state index in [1.807, 2.05) is 6.92 Å². The second kappa shape index (κ2) is 5.86. The van der Waals surface area contributed by atoms with E-state index in [2.05, 4.69) is 11.8 Å². The third-order valence-electron chi connectivity index (χ3n) is 1.94. The standard InChI is InChI=1S/C12H15O3P/c1-3-7-11-8-5-6-9-12(11)16(13,14)15-10-4-2/h5-6,8-9H,4,10H2,1-2H3,(H,13,14). The molecular weight excluding hydrogens is 223 g/mol. The zero-order valence-electron chi connectivity index (χ0n) is 9.43. The SMILES string of the molecule is CC#Cc1ccccc1P(=O)(O)OCCC. The molecule has 0 aliphatic rings. The molecule has 0 aromatic heterocycles. The van der Waals surface area contributed by atoms with E-state index in [1.165, 1.54) is 0 Å². The number of hydrogen-bond donors (Lipinski definition) is 1. The van der Waals surface area contributed by atoms with Crippen LogP contribution in [0.5, 0.6) is 0 Å². The van der Waals surface area contributed by atoms with Crippen LogP contribution in [-0.4, -0.2) is 11.5 Å². The Labute approximate surface area is 96.0 Å². The first-order chi connectivity index (χ1) is 7.61. The average molecular weight is 238 g/mol. The Morgan fingerprint density at radius 2 is 2.12 bits per heavy atom. The average Bonchev–Trinajstić information content (AvgIpc) is 2.27. The third-order valence-corrected chi connectivity index (χ3v) is 3.47. The Hall–Kier alpha value is -1.07. The lowest BCUT2D eigenvalue weighted by atomic mass is 10.2. The van der Waals surface area contributed by atoms with Crippen molar-refractivity contribution < 1.29 is 14.0 Å². The first-order valence-corrected chi connectivity index (χ1v) is 6.69. The third kappa shape index (κ3) is 3.21. The van der Waals surface area contributed by atoms with Gasteiger partial charge in [-0.25, -0.2) is 0 Å². The molecule has 0 spiro atoms. The van der Waals surface area contributed by atoms with E-state index in [9.17, 15) is 9.46 Å². The van der Waals surface area contributed by atoms with Crippen molar-refractivity contribution in [2.24, 2.45) is 0 Å². The smallest absolute Gasteiger partial charge is 0.321 e. The number of benzene rings is 1. The lowest BCUT2D eigenvalue weighted by molar-refractivity contribution is 0.269. The number of hydrogen-bond acceptors (Lipinski definition) is 2. The first kappa shape index (κ1) is 13.0. The Morgan fingerprint density at radius 1 is 1.44 bits per heavy atom. The van der Waals surface area contributed by atoms with E-state index in [0.717, 1.165) is 0 Å². The monoisotopic (exact) mass is 238 g/mol. The highest BCUT2D eigenvalue weighted by atomic mass is 31.2. The Kier molecular flexibility index (Phi) is 4.76. The second-order valence-electron chi connectivity index (χ2n) is 3.25. The zero-order chi connectivity index (χ0) is 12.0. The zero-order valence-corrected chi connectivity index (χ0v) is 10.3. The van der Waals surface area contributed by atoms with Crippen molar-refractivity contribution in [2.75, 3.05) is 6.61 Å². The van der Waals surface area contributed by atoms with Crippen LogP contribution in [0.25, 0.3) is 0 Å². The van der Waals surface area contributed by atoms with Gasteiger partial charge in [-0.15, -0.1) is 5.92 Å². The molecule has 0 bridgehead atoms. The summed E-state index contributed by atoms with van der Waals surface area (Å²) >= 11 is 0. The quantitative estimate of drug-likeness (QED) is 0.646. The highest BCUT2D eigenvalue weighted by molar-refractivity contribution is 7.61. The maximum atomic E-state index is 11.9. The Balaban J connectivity index is 3.09. The van der Waals surface area contributed by atoms with Gasteiger partial charge < -0.3 is 9.42 Å². The van der Waals surface area contributed by atoms with Crippen molar-refractivity contribution in [1.82, 2.24) is 0 Å². The van der Waals surface area contributed by atoms with Gasteiger partial charge in [-0.2, -0.15) is 0 Å². The van der Waals surface area contributed by atoms with Crippen molar-refractivity contribution in [2.45, 2.75) is 20.3 Å². The fraction of sp³-hybridized carbons (Fsp3) is 0.333. The maximum Gasteiger partial charge on any atom is 0.360 e. The molecule has 0 saturated heterocycles. The molecule has 0 aliphatic heterocycles. The molecular formula is C12H15O3P. The van der Waals surface area contributed by atoms with Gasteiger partial charge in [0.25, 0.3) is 0 Å². The molecule has 1 aromatic carbocycles. The van der Waals surface area contributed by atoms with Crippen molar-refractivity contribution >= 4 is 12.9 Å². The summed E-state index contributed by atoms with van der Waals surface area (Å²) in [5, 5.41) is 0.276. The van der Waals surface area contributed by atoms with Gasteiger partial charge in [0, 0.05) is 5.56 Å². The molecule has 0 heterocycles. The van der Waals surface area contributed by atoms with Crippen LogP contribution >= 0.6 is 7.60 Å². The molecule has 86 valence electrons. The minimum absolute atomic E-state index is 0.266. The Morgan fingerprint density at radius 3 is 2.75 bits per heavy atom. The molecule has 3 nitrogen and oxygen atoms in total. The van der Waals surface area contributed by atoms with Crippen LogP contribution in [0, 0.1) is 11.8 Å². The molecule has 4 heteroatoms. The normalized spacial score (nSPS) is 13.7. The second-order valence-corrected chi connectivity index (χ2v) is 5.03. The maximum absolute atomic E-state index is 11.9. The van der Waals surface area contributed by atoms with Gasteiger partial charge in [-0.05, 0) is 25.5 Å². The summed E-state index contributed by atoms with van der Waals surface area (Å²) in [6.45, 7) is 3.84. The summed E-state index contributed by atoms with van der Waals surface area (Å²) in [6, 6.07) is 6.78. The molecule has 0 amide bonds. The van der Waals surface area contributed by atoms with E-state index in [1.54, 1.807) is 31.2 Å². The molecule has 0 fully saturated rings. The molecule has 0 aliphatic carbocycles. The summed E-state index contributed by atoms with van der Waals surface area (Å²) in [4.78, 5) is 9.79. The van der Waals surface area contributed by atoms with E-state index >= 15 is 0 Å². The van der Waals surface area contributed by atoms with Crippen molar-refractivity contribution in [3.63, 3.8) is 0 Å². The van der Waals surface area contributed by atoms with Crippen LogP contribution in [0.3, 0.4) is 0 Å². The predicted octanol–water partition coefficient (Wildman–Crippen LogP) is 2.30. The largest absolute Gasteiger partial charge is 0.360 e. The van der Waals surface area contributed by atoms with Crippen LogP contribution < -0.4 is 5.30 Å². The van der Waals surface area contributed by atoms with Crippen LogP contribution in [0.2, 0.25) is 0 Å². The van der Waals surface area contributed by atoms with E-state index in [0.29, 0.717) is 12.0 Å². The van der Waals surface area contributed by atoms with Gasteiger partial charge in [0.1, 0.15) is 0 Å². The number of rotatable bonds is 4. The summed E-state index contributed by atoms with van der Waals surface area (Å²) in [5.74, 6) is 5.51. The van der Waals surface area contributed by atoms with Gasteiger partial charge in [-0.3, -0.25) is 4.57 Å². The highest BCUT2D eigenvalue weighted by Crippen LogP contribution is 2.41. The minimum Gasteiger partial charge on any atom is -0.321 e. The first-order valence-electron chi connectivity index (χ1n) is 5.11. The molecule has 1 unspecified atom stereocenters. The molecule has 16 heavy (non-hydrogen) atoms. The molecule has 1 rings (SSSR count). The van der Waals surface area contributed by atoms with Crippen molar-refractivity contribution in [1.29, 1.82) is 0 Å². The molecule has 1 aromatic rings. The summed E-state index contributed by atoms with van der Waals surface area (Å²) < 4.78 is 16.9. The van der Waals surface area contributed by atoms with Crippen molar-refractivity contribution in [3.05, 3.63) is 29.8 Å². The molecule has 1 N–H and O–H groups in total. The fourth-order valence-corrected chi connectivity index (χ4v) is 2.52. The van der Waals surface area contributed by atoms with Crippen LogP contribution in [0.4, 0.5) is 0 Å². The van der Waals surface area contributed by atoms with Gasteiger partial charge in [0.2, 0.25) is 0 Å².